The first-order valence-corrected chi connectivity index (χ1v) is 6.65. The van der Waals surface area contributed by atoms with Gasteiger partial charge in [-0.15, -0.1) is 0 Å². The van der Waals surface area contributed by atoms with Gasteiger partial charge in [-0.3, -0.25) is 19.8 Å². The van der Waals surface area contributed by atoms with Crippen molar-refractivity contribution in [3.05, 3.63) is 34.4 Å². The molecule has 0 atom stereocenters. The van der Waals surface area contributed by atoms with Gasteiger partial charge in [0.25, 0.3) is 5.69 Å². The molecule has 1 rings (SSSR count). The summed E-state index contributed by atoms with van der Waals surface area (Å²) in [6.45, 7) is 1.99. The molecule has 0 unspecified atom stereocenters. The van der Waals surface area contributed by atoms with E-state index in [-0.39, 0.29) is 11.6 Å². The van der Waals surface area contributed by atoms with E-state index in [0.717, 1.165) is 13.1 Å². The number of amides is 1. The third-order valence-corrected chi connectivity index (χ3v) is 3.16. The number of nitro groups is 1. The topological polar surface area (TPSA) is 69.9 Å². The molecule has 1 aromatic rings. The number of anilines is 1. The summed E-state index contributed by atoms with van der Waals surface area (Å²) in [5.41, 5.74) is 0.661. The van der Waals surface area contributed by atoms with Crippen LogP contribution in [-0.2, 0) is 4.79 Å². The van der Waals surface area contributed by atoms with Gasteiger partial charge in [0.05, 0.1) is 11.5 Å². The Morgan fingerprint density at radius 3 is 2.14 bits per heavy atom. The first-order valence-electron chi connectivity index (χ1n) is 6.65. The van der Waals surface area contributed by atoms with E-state index in [2.05, 4.69) is 4.90 Å². The SMILES string of the molecule is CN(C)CCN(C)CC(=O)N(C)c1ccc([N+](=O)[O-])cc1. The predicted octanol–water partition coefficient (Wildman–Crippen LogP) is 1.05. The number of hydrogen-bond donors (Lipinski definition) is 0. The molecule has 0 aliphatic rings. The van der Waals surface area contributed by atoms with E-state index in [1.165, 1.54) is 17.0 Å². The zero-order chi connectivity index (χ0) is 16.0. The second-order valence-electron chi connectivity index (χ2n) is 5.27. The molecule has 21 heavy (non-hydrogen) atoms. The Morgan fingerprint density at radius 1 is 1.10 bits per heavy atom. The van der Waals surface area contributed by atoms with Gasteiger partial charge in [0.1, 0.15) is 0 Å². The molecule has 0 spiro atoms. The molecule has 116 valence electrons. The molecule has 0 saturated carbocycles. The van der Waals surface area contributed by atoms with Crippen LogP contribution >= 0.6 is 0 Å². The van der Waals surface area contributed by atoms with Crippen LogP contribution in [0.4, 0.5) is 11.4 Å². The number of nitro benzene ring substituents is 1. The number of carbonyl (C=O) groups is 1. The third-order valence-electron chi connectivity index (χ3n) is 3.16. The second-order valence-corrected chi connectivity index (χ2v) is 5.27. The molecule has 1 aromatic carbocycles. The van der Waals surface area contributed by atoms with Crippen LogP contribution in [0.2, 0.25) is 0 Å². The first-order chi connectivity index (χ1) is 9.81. The average Bonchev–Trinajstić information content (AvgIpc) is 2.44. The van der Waals surface area contributed by atoms with E-state index < -0.39 is 4.92 Å². The summed E-state index contributed by atoms with van der Waals surface area (Å²) >= 11 is 0. The van der Waals surface area contributed by atoms with Crippen LogP contribution in [0.3, 0.4) is 0 Å². The number of nitrogens with zero attached hydrogens (tertiary/aromatic N) is 4. The van der Waals surface area contributed by atoms with Crippen molar-refractivity contribution in [2.24, 2.45) is 0 Å². The van der Waals surface area contributed by atoms with E-state index in [1.807, 2.05) is 26.0 Å². The lowest BCUT2D eigenvalue weighted by atomic mass is 10.2. The van der Waals surface area contributed by atoms with Crippen LogP contribution in [0.1, 0.15) is 0 Å². The van der Waals surface area contributed by atoms with Crippen molar-refractivity contribution in [2.45, 2.75) is 0 Å². The molecule has 0 aromatic heterocycles. The van der Waals surface area contributed by atoms with Crippen LogP contribution in [-0.4, -0.2) is 68.5 Å². The minimum Gasteiger partial charge on any atom is -0.314 e. The summed E-state index contributed by atoms with van der Waals surface area (Å²) in [6, 6.07) is 5.95. The summed E-state index contributed by atoms with van der Waals surface area (Å²) in [4.78, 5) is 27.8. The summed E-state index contributed by atoms with van der Waals surface area (Å²) in [6.07, 6.45) is 0. The summed E-state index contributed by atoms with van der Waals surface area (Å²) in [7, 11) is 7.53. The Balaban J connectivity index is 2.59. The van der Waals surface area contributed by atoms with Crippen molar-refractivity contribution in [2.75, 3.05) is 52.7 Å². The quantitative estimate of drug-likeness (QED) is 0.555. The molecule has 0 N–H and O–H groups in total. The lowest BCUT2D eigenvalue weighted by Crippen LogP contribution is -2.39. The fraction of sp³-hybridized carbons (Fsp3) is 0.500. The van der Waals surface area contributed by atoms with Crippen LogP contribution in [0.15, 0.2) is 24.3 Å². The Labute approximate surface area is 124 Å². The Kier molecular flexibility index (Phi) is 6.26. The number of hydrogen-bond acceptors (Lipinski definition) is 5. The largest absolute Gasteiger partial charge is 0.314 e. The molecule has 0 heterocycles. The number of benzene rings is 1. The maximum atomic E-state index is 12.2. The highest BCUT2D eigenvalue weighted by molar-refractivity contribution is 5.94. The van der Waals surface area contributed by atoms with Gasteiger partial charge in [-0.2, -0.15) is 0 Å². The first kappa shape index (κ1) is 17.1. The zero-order valence-electron chi connectivity index (χ0n) is 12.9. The van der Waals surface area contributed by atoms with E-state index in [0.29, 0.717) is 12.2 Å². The number of likely N-dealkylation sites (N-methyl/N-ethyl adjacent to an activating group) is 3. The van der Waals surface area contributed by atoms with E-state index in [9.17, 15) is 14.9 Å². The van der Waals surface area contributed by atoms with E-state index >= 15 is 0 Å². The third kappa shape index (κ3) is 5.49. The van der Waals surface area contributed by atoms with Crippen molar-refractivity contribution in [3.63, 3.8) is 0 Å². The van der Waals surface area contributed by atoms with E-state index in [4.69, 9.17) is 0 Å². The summed E-state index contributed by atoms with van der Waals surface area (Å²) in [5, 5.41) is 10.6. The standard InChI is InChI=1S/C14H22N4O3/c1-15(2)9-10-16(3)11-14(19)17(4)12-5-7-13(8-6-12)18(20)21/h5-8H,9-11H2,1-4H3. The fourth-order valence-electron chi connectivity index (χ4n) is 1.73. The van der Waals surface area contributed by atoms with Gasteiger partial charge >= 0.3 is 0 Å². The minimum absolute atomic E-state index is 0.0164. The average molecular weight is 294 g/mol. The zero-order valence-corrected chi connectivity index (χ0v) is 12.9. The maximum absolute atomic E-state index is 12.2. The van der Waals surface area contributed by atoms with E-state index in [1.54, 1.807) is 19.2 Å². The Hall–Kier alpha value is -1.99. The summed E-state index contributed by atoms with van der Waals surface area (Å²) in [5.74, 6) is -0.0508. The Bertz CT molecular complexity index is 487. The van der Waals surface area contributed by atoms with Crippen molar-refractivity contribution in [1.82, 2.24) is 9.80 Å². The molecule has 0 fully saturated rings. The molecule has 1 amide bonds. The van der Waals surface area contributed by atoms with Gasteiger partial charge in [-0.25, -0.2) is 0 Å². The number of carbonyl (C=O) groups excluding carboxylic acids is 1. The molecule has 7 nitrogen and oxygen atoms in total. The molecule has 0 aliphatic carbocycles. The highest BCUT2D eigenvalue weighted by Gasteiger charge is 2.14. The molecule has 7 heteroatoms. The van der Waals surface area contributed by atoms with Gasteiger partial charge in [0, 0.05) is 38.0 Å². The fourth-order valence-corrected chi connectivity index (χ4v) is 1.73. The normalized spacial score (nSPS) is 11.0. The van der Waals surface area contributed by atoms with Crippen molar-refractivity contribution in [3.8, 4) is 0 Å². The molecule has 0 aliphatic heterocycles. The predicted molar refractivity (Wildman–Crippen MR) is 82.6 cm³/mol. The van der Waals surface area contributed by atoms with Crippen molar-refractivity contribution >= 4 is 17.3 Å². The Morgan fingerprint density at radius 2 is 1.67 bits per heavy atom. The second kappa shape index (κ2) is 7.70. The molecule has 0 saturated heterocycles. The lowest BCUT2D eigenvalue weighted by Gasteiger charge is -2.23. The smallest absolute Gasteiger partial charge is 0.269 e. The number of non-ortho nitro benzene ring substituents is 1. The number of rotatable bonds is 7. The molecular formula is C14H22N4O3. The summed E-state index contributed by atoms with van der Waals surface area (Å²) < 4.78 is 0. The lowest BCUT2D eigenvalue weighted by molar-refractivity contribution is -0.384. The van der Waals surface area contributed by atoms with Gasteiger partial charge in [0.15, 0.2) is 0 Å². The van der Waals surface area contributed by atoms with Crippen LogP contribution < -0.4 is 4.90 Å². The van der Waals surface area contributed by atoms with Gasteiger partial charge in [0.2, 0.25) is 5.91 Å². The highest BCUT2D eigenvalue weighted by atomic mass is 16.6. The van der Waals surface area contributed by atoms with Crippen LogP contribution in [0, 0.1) is 10.1 Å². The van der Waals surface area contributed by atoms with Crippen molar-refractivity contribution < 1.29 is 9.72 Å². The minimum atomic E-state index is -0.458. The molecular weight excluding hydrogens is 272 g/mol. The molecule has 0 radical (unpaired) electrons. The van der Waals surface area contributed by atoms with Crippen LogP contribution in [0.5, 0.6) is 0 Å². The van der Waals surface area contributed by atoms with Gasteiger partial charge in [-0.05, 0) is 33.3 Å². The highest BCUT2D eigenvalue weighted by Crippen LogP contribution is 2.18. The van der Waals surface area contributed by atoms with Crippen molar-refractivity contribution in [1.29, 1.82) is 0 Å². The van der Waals surface area contributed by atoms with Gasteiger partial charge < -0.3 is 9.80 Å². The monoisotopic (exact) mass is 294 g/mol. The van der Waals surface area contributed by atoms with Crippen LogP contribution in [0.25, 0.3) is 0 Å². The maximum Gasteiger partial charge on any atom is 0.269 e. The molecule has 0 bridgehead atoms. The van der Waals surface area contributed by atoms with Gasteiger partial charge in [-0.1, -0.05) is 0 Å².